The van der Waals surface area contributed by atoms with Crippen LogP contribution in [-0.2, 0) is 20.2 Å². The van der Waals surface area contributed by atoms with E-state index in [1.165, 1.54) is 0 Å². The molecule has 0 heterocycles. The van der Waals surface area contributed by atoms with Crippen LogP contribution in [-0.4, -0.2) is 48.4 Å². The van der Waals surface area contributed by atoms with Crippen molar-refractivity contribution in [2.24, 2.45) is 0 Å². The summed E-state index contributed by atoms with van der Waals surface area (Å²) in [7, 11) is -4.96. The van der Waals surface area contributed by atoms with Crippen molar-refractivity contribution in [3.63, 3.8) is 0 Å². The predicted octanol–water partition coefficient (Wildman–Crippen LogP) is 0.573. The topological polar surface area (TPSA) is 83.6 Å². The molecule has 0 aromatic heterocycles. The van der Waals surface area contributed by atoms with E-state index in [1.807, 2.05) is 19.0 Å². The van der Waals surface area contributed by atoms with Crippen molar-refractivity contribution < 1.29 is 20.7 Å². The van der Waals surface area contributed by atoms with Crippen LogP contribution < -0.4 is 4.72 Å². The molecule has 0 saturated heterocycles. The lowest BCUT2D eigenvalue weighted by Gasteiger charge is -2.18. The van der Waals surface area contributed by atoms with E-state index >= 15 is 0 Å². The van der Waals surface area contributed by atoms with Gasteiger partial charge < -0.3 is 4.90 Å². The molecule has 1 N–H and O–H groups in total. The van der Waals surface area contributed by atoms with Crippen LogP contribution in [0.15, 0.2) is 34.1 Å². The quantitative estimate of drug-likeness (QED) is 0.774. The molecule has 1 aromatic carbocycles. The SMILES string of the molecule is CC(CN(C)C)NS(=O)(=O)c1ccc(S(=O)(=O)F)cc1. The average molecular weight is 324 g/mol. The standard InChI is InChI=1S/C11H17FN2O4S2/c1-9(8-14(2)3)13-20(17,18)11-6-4-10(5-7-11)19(12,15)16/h4-7,9,13H,8H2,1-3H3. The zero-order chi connectivity index (χ0) is 15.6. The molecule has 0 saturated carbocycles. The van der Waals surface area contributed by atoms with Gasteiger partial charge in [0.15, 0.2) is 0 Å². The predicted molar refractivity (Wildman–Crippen MR) is 73.1 cm³/mol. The van der Waals surface area contributed by atoms with Crippen LogP contribution in [0.4, 0.5) is 3.89 Å². The Bertz CT molecular complexity index is 654. The van der Waals surface area contributed by atoms with E-state index in [0.717, 1.165) is 24.3 Å². The van der Waals surface area contributed by atoms with Crippen LogP contribution in [0.25, 0.3) is 0 Å². The van der Waals surface area contributed by atoms with Gasteiger partial charge in [-0.2, -0.15) is 8.42 Å². The number of nitrogens with zero attached hydrogens (tertiary/aromatic N) is 1. The summed E-state index contributed by atoms with van der Waals surface area (Å²) < 4.78 is 60.5. The summed E-state index contributed by atoms with van der Waals surface area (Å²) in [6, 6.07) is 3.62. The molecule has 1 unspecified atom stereocenters. The minimum absolute atomic E-state index is 0.115. The van der Waals surface area contributed by atoms with Crippen LogP contribution in [0.1, 0.15) is 6.92 Å². The Labute approximate surface area is 118 Å². The van der Waals surface area contributed by atoms with Gasteiger partial charge in [0.2, 0.25) is 10.0 Å². The molecule has 0 spiro atoms. The second-order valence-corrected chi connectivity index (χ2v) is 7.75. The molecular weight excluding hydrogens is 307 g/mol. The summed E-state index contributed by atoms with van der Waals surface area (Å²) in [5.41, 5.74) is 0. The van der Waals surface area contributed by atoms with Crippen molar-refractivity contribution in [1.82, 2.24) is 9.62 Å². The number of likely N-dealkylation sites (N-methyl/N-ethyl adjacent to an activating group) is 1. The molecule has 1 atom stereocenters. The lowest BCUT2D eigenvalue weighted by molar-refractivity contribution is 0.370. The molecule has 0 fully saturated rings. The first-order valence-electron chi connectivity index (χ1n) is 5.74. The molecule has 1 aromatic rings. The molecule has 1 rings (SSSR count). The normalized spacial score (nSPS) is 14.4. The van der Waals surface area contributed by atoms with Gasteiger partial charge in [0.1, 0.15) is 0 Å². The van der Waals surface area contributed by atoms with Gasteiger partial charge in [-0.05, 0) is 45.3 Å². The van der Waals surface area contributed by atoms with Gasteiger partial charge in [0.05, 0.1) is 9.79 Å². The second kappa shape index (κ2) is 6.17. The van der Waals surface area contributed by atoms with Gasteiger partial charge in [-0.1, -0.05) is 0 Å². The molecule has 9 heteroatoms. The number of sulfonamides is 1. The van der Waals surface area contributed by atoms with Gasteiger partial charge in [-0.15, -0.1) is 3.89 Å². The minimum atomic E-state index is -4.83. The third-order valence-electron chi connectivity index (χ3n) is 2.41. The van der Waals surface area contributed by atoms with Crippen molar-refractivity contribution in [3.8, 4) is 0 Å². The number of hydrogen-bond acceptors (Lipinski definition) is 5. The highest BCUT2D eigenvalue weighted by Crippen LogP contribution is 2.16. The molecule has 20 heavy (non-hydrogen) atoms. The van der Waals surface area contributed by atoms with Crippen molar-refractivity contribution in [2.45, 2.75) is 22.8 Å². The lowest BCUT2D eigenvalue weighted by atomic mass is 10.3. The Morgan fingerprint density at radius 2 is 1.55 bits per heavy atom. The van der Waals surface area contributed by atoms with Gasteiger partial charge in [0, 0.05) is 12.6 Å². The average Bonchev–Trinajstić information content (AvgIpc) is 2.26. The van der Waals surface area contributed by atoms with Crippen molar-refractivity contribution in [1.29, 1.82) is 0 Å². The Hall–Kier alpha value is -1.03. The fourth-order valence-electron chi connectivity index (χ4n) is 1.70. The van der Waals surface area contributed by atoms with E-state index in [4.69, 9.17) is 0 Å². The summed E-state index contributed by atoms with van der Waals surface area (Å²) in [5.74, 6) is 0. The summed E-state index contributed by atoms with van der Waals surface area (Å²) in [6.45, 7) is 2.22. The molecular formula is C11H17FN2O4S2. The molecule has 6 nitrogen and oxygen atoms in total. The highest BCUT2D eigenvalue weighted by Gasteiger charge is 2.19. The summed E-state index contributed by atoms with van der Waals surface area (Å²) >= 11 is 0. The molecule has 0 bridgehead atoms. The first-order valence-corrected chi connectivity index (χ1v) is 8.61. The molecule has 0 aliphatic heterocycles. The van der Waals surface area contributed by atoms with Crippen LogP contribution in [0.2, 0.25) is 0 Å². The second-order valence-electron chi connectivity index (χ2n) is 4.69. The summed E-state index contributed by atoms with van der Waals surface area (Å²) in [6.07, 6.45) is 0. The molecule has 0 amide bonds. The Morgan fingerprint density at radius 1 is 1.10 bits per heavy atom. The highest BCUT2D eigenvalue weighted by molar-refractivity contribution is 7.89. The van der Waals surface area contributed by atoms with E-state index in [0.29, 0.717) is 6.54 Å². The van der Waals surface area contributed by atoms with Crippen molar-refractivity contribution in [3.05, 3.63) is 24.3 Å². The Kier molecular flexibility index (Phi) is 5.25. The van der Waals surface area contributed by atoms with Gasteiger partial charge in [-0.3, -0.25) is 0 Å². The number of hydrogen-bond donors (Lipinski definition) is 1. The summed E-state index contributed by atoms with van der Waals surface area (Å²) in [5, 5.41) is 0. The third-order valence-corrected chi connectivity index (χ3v) is 4.85. The third kappa shape index (κ3) is 4.82. The number of nitrogens with one attached hydrogen (secondary N) is 1. The number of benzene rings is 1. The lowest BCUT2D eigenvalue weighted by Crippen LogP contribution is -2.39. The van der Waals surface area contributed by atoms with E-state index in [1.54, 1.807) is 6.92 Å². The largest absolute Gasteiger partial charge is 0.332 e. The monoisotopic (exact) mass is 324 g/mol. The number of halogens is 1. The maximum Gasteiger partial charge on any atom is 0.332 e. The van der Waals surface area contributed by atoms with E-state index in [9.17, 15) is 20.7 Å². The fourth-order valence-corrected chi connectivity index (χ4v) is 3.40. The smallest absolute Gasteiger partial charge is 0.308 e. The van der Waals surface area contributed by atoms with Crippen molar-refractivity contribution in [2.75, 3.05) is 20.6 Å². The zero-order valence-corrected chi connectivity index (χ0v) is 13.0. The summed E-state index contributed by atoms with van der Waals surface area (Å²) in [4.78, 5) is 1.14. The fraction of sp³-hybridized carbons (Fsp3) is 0.455. The molecule has 0 aliphatic rings. The highest BCUT2D eigenvalue weighted by atomic mass is 32.3. The maximum absolute atomic E-state index is 12.7. The van der Waals surface area contributed by atoms with Gasteiger partial charge in [0.25, 0.3) is 0 Å². The molecule has 0 aliphatic carbocycles. The van der Waals surface area contributed by atoms with E-state index in [-0.39, 0.29) is 10.9 Å². The molecule has 114 valence electrons. The van der Waals surface area contributed by atoms with Gasteiger partial charge >= 0.3 is 10.2 Å². The zero-order valence-electron chi connectivity index (χ0n) is 11.4. The number of rotatable bonds is 6. The minimum Gasteiger partial charge on any atom is -0.308 e. The van der Waals surface area contributed by atoms with Crippen LogP contribution in [0.3, 0.4) is 0 Å². The first-order chi connectivity index (χ1) is 9.02. The maximum atomic E-state index is 12.7. The van der Waals surface area contributed by atoms with E-state index in [2.05, 4.69) is 4.72 Å². The molecule has 0 radical (unpaired) electrons. The van der Waals surface area contributed by atoms with Crippen molar-refractivity contribution >= 4 is 20.2 Å². The van der Waals surface area contributed by atoms with Gasteiger partial charge in [-0.25, -0.2) is 13.1 Å². The van der Waals surface area contributed by atoms with Crippen LogP contribution in [0, 0.1) is 0 Å². The Balaban J connectivity index is 2.94. The van der Waals surface area contributed by atoms with Crippen LogP contribution >= 0.6 is 0 Å². The van der Waals surface area contributed by atoms with Crippen LogP contribution in [0.5, 0.6) is 0 Å². The Morgan fingerprint density at radius 3 is 1.95 bits per heavy atom. The first kappa shape index (κ1) is 17.0. The van der Waals surface area contributed by atoms with E-state index < -0.39 is 25.1 Å².